The Balaban J connectivity index is 2.81. The number of carbonyl (C=O) groups is 1. The third-order valence-corrected chi connectivity index (χ3v) is 2.35. The normalized spacial score (nSPS) is 11.2. The minimum absolute atomic E-state index is 0.0591. The average molecular weight is 220 g/mol. The van der Waals surface area contributed by atoms with E-state index in [4.69, 9.17) is 0 Å². The molecule has 0 saturated carbocycles. The third-order valence-electron chi connectivity index (χ3n) is 2.14. The number of ketones is 1. The molecule has 0 aliphatic heterocycles. The molecule has 0 fully saturated rings. The second-order valence-electron chi connectivity index (χ2n) is 3.73. The fourth-order valence-electron chi connectivity index (χ4n) is 1.28. The lowest BCUT2D eigenvalue weighted by atomic mass is 10.00. The van der Waals surface area contributed by atoms with E-state index in [1.165, 1.54) is 0 Å². The Morgan fingerprint density at radius 2 is 1.93 bits per heavy atom. The first-order valence-electron chi connectivity index (χ1n) is 5.07. The number of hydrogen-bond acceptors (Lipinski definition) is 2. The van der Waals surface area contributed by atoms with Crippen molar-refractivity contribution in [3.63, 3.8) is 0 Å². The van der Waals surface area contributed by atoms with E-state index in [1.807, 2.05) is 50.3 Å². The first-order chi connectivity index (χ1) is 7.15. The van der Waals surface area contributed by atoms with Gasteiger partial charge in [-0.3, -0.25) is 4.79 Å². The second-order valence-corrected chi connectivity index (χ2v) is 4.09. The second kappa shape index (κ2) is 5.76. The topological polar surface area (TPSA) is 17.1 Å². The van der Waals surface area contributed by atoms with E-state index in [0.717, 1.165) is 16.9 Å². The van der Waals surface area contributed by atoms with Crippen LogP contribution >= 0.6 is 12.6 Å². The molecule has 0 amide bonds. The number of rotatable bonds is 4. The Labute approximate surface area is 96.6 Å². The molecular weight excluding hydrogens is 204 g/mol. The molecule has 1 rings (SSSR count). The Morgan fingerprint density at radius 1 is 1.33 bits per heavy atom. The molecule has 0 unspecified atom stereocenters. The van der Waals surface area contributed by atoms with Gasteiger partial charge < -0.3 is 0 Å². The highest BCUT2D eigenvalue weighted by atomic mass is 32.1. The molecule has 2 heteroatoms. The molecule has 80 valence electrons. The van der Waals surface area contributed by atoms with Crippen molar-refractivity contribution >= 4 is 24.5 Å². The van der Waals surface area contributed by atoms with Crippen LogP contribution in [0.1, 0.15) is 29.8 Å². The van der Waals surface area contributed by atoms with Crippen LogP contribution in [0, 0.1) is 5.92 Å². The van der Waals surface area contributed by atoms with E-state index in [-0.39, 0.29) is 11.7 Å². The molecular formula is C13H16OS. The molecule has 0 saturated heterocycles. The Morgan fingerprint density at radius 3 is 2.40 bits per heavy atom. The quantitative estimate of drug-likeness (QED) is 0.607. The molecule has 0 aliphatic carbocycles. The van der Waals surface area contributed by atoms with E-state index in [9.17, 15) is 4.79 Å². The van der Waals surface area contributed by atoms with Crippen LogP contribution in [0.5, 0.6) is 0 Å². The van der Waals surface area contributed by atoms with Gasteiger partial charge in [-0.15, -0.1) is 0 Å². The maximum atomic E-state index is 11.6. The molecule has 0 spiro atoms. The Kier molecular flexibility index (Phi) is 4.63. The molecule has 15 heavy (non-hydrogen) atoms. The van der Waals surface area contributed by atoms with Crippen molar-refractivity contribution < 1.29 is 4.79 Å². The molecule has 0 N–H and O–H groups in total. The fourth-order valence-corrected chi connectivity index (χ4v) is 1.39. The van der Waals surface area contributed by atoms with E-state index in [0.29, 0.717) is 0 Å². The number of thiol groups is 1. The lowest BCUT2D eigenvalue weighted by Crippen LogP contribution is -2.06. The predicted octanol–water partition coefficient (Wildman–Crippen LogP) is 3.47. The average Bonchev–Trinajstić information content (AvgIpc) is 2.26. The smallest absolute Gasteiger partial charge is 0.165 e. The summed E-state index contributed by atoms with van der Waals surface area (Å²) in [5.41, 5.74) is 1.89. The molecule has 0 aliphatic rings. The summed E-state index contributed by atoms with van der Waals surface area (Å²) in [6.07, 6.45) is 3.97. The van der Waals surface area contributed by atoms with Crippen molar-refractivity contribution in [3.05, 3.63) is 41.5 Å². The van der Waals surface area contributed by atoms with Crippen LogP contribution in [0.2, 0.25) is 0 Å². The van der Waals surface area contributed by atoms with Crippen molar-refractivity contribution in [2.75, 3.05) is 5.75 Å². The summed E-state index contributed by atoms with van der Waals surface area (Å²) in [5.74, 6) is 0.982. The summed E-state index contributed by atoms with van der Waals surface area (Å²) in [6.45, 7) is 3.83. The third kappa shape index (κ3) is 3.56. The van der Waals surface area contributed by atoms with Gasteiger partial charge in [-0.2, -0.15) is 12.6 Å². The molecule has 1 nitrogen and oxygen atoms in total. The van der Waals surface area contributed by atoms with E-state index in [2.05, 4.69) is 12.6 Å². The zero-order valence-electron chi connectivity index (χ0n) is 9.10. The fraction of sp³-hybridized carbons (Fsp3) is 0.308. The molecule has 1 aromatic carbocycles. The number of Topliss-reactive ketones (excluding diaryl/α,β-unsaturated/α-hetero) is 1. The standard InChI is InChI=1S/C13H16OS/c1-10(2)13(14)12-7-5-11(6-8-12)4-3-9-15/h3-8,10,15H,9H2,1-2H3. The van der Waals surface area contributed by atoms with E-state index in [1.54, 1.807) is 0 Å². The van der Waals surface area contributed by atoms with Crippen LogP contribution in [-0.4, -0.2) is 11.5 Å². The highest BCUT2D eigenvalue weighted by Gasteiger charge is 2.08. The highest BCUT2D eigenvalue weighted by Crippen LogP contribution is 2.11. The maximum Gasteiger partial charge on any atom is 0.165 e. The number of hydrogen-bond donors (Lipinski definition) is 1. The van der Waals surface area contributed by atoms with Crippen molar-refractivity contribution in [3.8, 4) is 0 Å². The first kappa shape index (κ1) is 12.1. The van der Waals surface area contributed by atoms with Gasteiger partial charge in [0.1, 0.15) is 0 Å². The van der Waals surface area contributed by atoms with Crippen molar-refractivity contribution in [1.82, 2.24) is 0 Å². The minimum Gasteiger partial charge on any atom is -0.294 e. The van der Waals surface area contributed by atoms with E-state index < -0.39 is 0 Å². The van der Waals surface area contributed by atoms with Gasteiger partial charge in [0.05, 0.1) is 0 Å². The van der Waals surface area contributed by atoms with Gasteiger partial charge in [0.2, 0.25) is 0 Å². The van der Waals surface area contributed by atoms with Crippen molar-refractivity contribution in [2.24, 2.45) is 5.92 Å². The molecule has 0 radical (unpaired) electrons. The van der Waals surface area contributed by atoms with Gasteiger partial charge in [0, 0.05) is 17.2 Å². The zero-order valence-corrected chi connectivity index (χ0v) is 10.00. The largest absolute Gasteiger partial charge is 0.294 e. The number of benzene rings is 1. The van der Waals surface area contributed by atoms with Crippen LogP contribution < -0.4 is 0 Å². The molecule has 0 aromatic heterocycles. The van der Waals surface area contributed by atoms with Crippen LogP contribution in [0.15, 0.2) is 30.3 Å². The summed E-state index contributed by atoms with van der Waals surface area (Å²) in [5, 5.41) is 0. The summed E-state index contributed by atoms with van der Waals surface area (Å²) in [7, 11) is 0. The van der Waals surface area contributed by atoms with Gasteiger partial charge in [-0.05, 0) is 5.56 Å². The maximum absolute atomic E-state index is 11.6. The first-order valence-corrected chi connectivity index (χ1v) is 5.70. The lowest BCUT2D eigenvalue weighted by Gasteiger charge is -2.03. The van der Waals surface area contributed by atoms with Crippen molar-refractivity contribution in [2.45, 2.75) is 13.8 Å². The Hall–Kier alpha value is -1.02. The number of carbonyl (C=O) groups excluding carboxylic acids is 1. The minimum atomic E-state index is 0.0591. The van der Waals surface area contributed by atoms with Gasteiger partial charge >= 0.3 is 0 Å². The summed E-state index contributed by atoms with van der Waals surface area (Å²) in [4.78, 5) is 11.6. The molecule has 0 heterocycles. The molecule has 0 atom stereocenters. The lowest BCUT2D eigenvalue weighted by molar-refractivity contribution is 0.0939. The van der Waals surface area contributed by atoms with Gasteiger partial charge in [0.25, 0.3) is 0 Å². The van der Waals surface area contributed by atoms with Crippen LogP contribution in [0.25, 0.3) is 6.08 Å². The van der Waals surface area contributed by atoms with Crippen molar-refractivity contribution in [1.29, 1.82) is 0 Å². The molecule has 1 aromatic rings. The van der Waals surface area contributed by atoms with Gasteiger partial charge in [-0.25, -0.2) is 0 Å². The monoisotopic (exact) mass is 220 g/mol. The SMILES string of the molecule is CC(C)C(=O)c1ccc(C=CCS)cc1. The molecule has 0 bridgehead atoms. The van der Waals surface area contributed by atoms with Gasteiger partial charge in [-0.1, -0.05) is 50.3 Å². The predicted molar refractivity (Wildman–Crippen MR) is 68.5 cm³/mol. The van der Waals surface area contributed by atoms with Crippen LogP contribution in [-0.2, 0) is 0 Å². The summed E-state index contributed by atoms with van der Waals surface area (Å²) in [6, 6.07) is 7.66. The van der Waals surface area contributed by atoms with Crippen LogP contribution in [0.4, 0.5) is 0 Å². The highest BCUT2D eigenvalue weighted by molar-refractivity contribution is 7.80. The Bertz CT molecular complexity index is 349. The summed E-state index contributed by atoms with van der Waals surface area (Å²) < 4.78 is 0. The zero-order chi connectivity index (χ0) is 11.3. The van der Waals surface area contributed by atoms with Gasteiger partial charge in [0.15, 0.2) is 5.78 Å². The summed E-state index contributed by atoms with van der Waals surface area (Å²) >= 11 is 4.09. The van der Waals surface area contributed by atoms with E-state index >= 15 is 0 Å². The van der Waals surface area contributed by atoms with Crippen LogP contribution in [0.3, 0.4) is 0 Å².